The van der Waals surface area contributed by atoms with Gasteiger partial charge in [-0.25, -0.2) is 9.38 Å². The van der Waals surface area contributed by atoms with Gasteiger partial charge < -0.3 is 9.80 Å². The molecule has 0 aliphatic rings. The lowest BCUT2D eigenvalue weighted by molar-refractivity contribution is 0.552. The molecule has 0 amide bonds. The highest BCUT2D eigenvalue weighted by atomic mass is 35.5. The predicted octanol–water partition coefficient (Wildman–Crippen LogP) is 5.51. The van der Waals surface area contributed by atoms with Crippen molar-refractivity contribution in [3.8, 4) is 0 Å². The van der Waals surface area contributed by atoms with Crippen LogP contribution in [0.3, 0.4) is 0 Å². The monoisotopic (exact) mass is 353 g/mol. The molecule has 0 N–H and O–H groups in total. The van der Waals surface area contributed by atoms with Crippen LogP contribution in [0.15, 0.2) is 41.4 Å². The quantitative estimate of drug-likeness (QED) is 0.521. The van der Waals surface area contributed by atoms with Crippen molar-refractivity contribution in [3.63, 3.8) is 0 Å². The Morgan fingerprint density at radius 3 is 2.43 bits per heavy atom. The van der Waals surface area contributed by atoms with Gasteiger partial charge in [0.15, 0.2) is 0 Å². The summed E-state index contributed by atoms with van der Waals surface area (Å²) in [6.45, 7) is 2.86. The molecule has 0 spiro atoms. The van der Waals surface area contributed by atoms with Gasteiger partial charge in [0.25, 0.3) is 0 Å². The highest BCUT2D eigenvalue weighted by Crippen LogP contribution is 2.38. The van der Waals surface area contributed by atoms with E-state index in [-0.39, 0.29) is 5.82 Å². The summed E-state index contributed by atoms with van der Waals surface area (Å²) in [6.07, 6.45) is 1.69. The summed E-state index contributed by atoms with van der Waals surface area (Å²) >= 11 is 12.6. The predicted molar refractivity (Wildman–Crippen MR) is 97.4 cm³/mol. The van der Waals surface area contributed by atoms with Gasteiger partial charge in [0.1, 0.15) is 5.82 Å². The molecule has 3 nitrogen and oxygen atoms in total. The van der Waals surface area contributed by atoms with Gasteiger partial charge in [-0.1, -0.05) is 35.3 Å². The minimum atomic E-state index is -0.325. The van der Waals surface area contributed by atoms with Gasteiger partial charge in [-0.2, -0.15) is 0 Å². The van der Waals surface area contributed by atoms with Crippen LogP contribution in [-0.4, -0.2) is 31.9 Å². The third-order valence-corrected chi connectivity index (χ3v) is 4.09. The van der Waals surface area contributed by atoms with Crippen LogP contribution < -0.4 is 4.90 Å². The van der Waals surface area contributed by atoms with E-state index in [1.807, 2.05) is 18.9 Å². The zero-order valence-corrected chi connectivity index (χ0v) is 14.7. The number of anilines is 2. The third-order valence-electron chi connectivity index (χ3n) is 3.48. The number of hydrogen-bond donors (Lipinski definition) is 0. The van der Waals surface area contributed by atoms with Crippen LogP contribution in [0.1, 0.15) is 6.92 Å². The summed E-state index contributed by atoms with van der Waals surface area (Å²) < 4.78 is 13.9. The summed E-state index contributed by atoms with van der Waals surface area (Å²) in [5.74, 6) is -0.325. The topological polar surface area (TPSA) is 18.8 Å². The molecule has 0 radical (unpaired) electrons. The Hall–Kier alpha value is -1.78. The minimum Gasteiger partial charge on any atom is -0.366 e. The molecule has 0 saturated heterocycles. The molecular formula is C17H18Cl2FN3. The smallest absolute Gasteiger partial charge is 0.146 e. The van der Waals surface area contributed by atoms with Crippen molar-refractivity contribution in [1.29, 1.82) is 0 Å². The summed E-state index contributed by atoms with van der Waals surface area (Å²) in [6, 6.07) is 9.86. The number of aliphatic imine (C=N–C) groups is 1. The molecule has 6 heteroatoms. The van der Waals surface area contributed by atoms with Gasteiger partial charge in [0, 0.05) is 20.6 Å². The lowest BCUT2D eigenvalue weighted by Gasteiger charge is -2.22. The molecule has 0 bridgehead atoms. The Morgan fingerprint density at radius 2 is 1.78 bits per heavy atom. The second kappa shape index (κ2) is 7.66. The van der Waals surface area contributed by atoms with Crippen LogP contribution in [0.2, 0.25) is 10.0 Å². The summed E-state index contributed by atoms with van der Waals surface area (Å²) in [4.78, 5) is 7.90. The van der Waals surface area contributed by atoms with Crippen molar-refractivity contribution < 1.29 is 4.39 Å². The van der Waals surface area contributed by atoms with Crippen molar-refractivity contribution in [2.45, 2.75) is 6.92 Å². The van der Waals surface area contributed by atoms with Crippen LogP contribution in [0, 0.1) is 5.82 Å². The molecule has 0 saturated carbocycles. The maximum Gasteiger partial charge on any atom is 0.146 e. The first-order valence-electron chi connectivity index (χ1n) is 7.15. The molecular weight excluding hydrogens is 336 g/mol. The van der Waals surface area contributed by atoms with Crippen LogP contribution in [0.25, 0.3) is 0 Å². The van der Waals surface area contributed by atoms with Gasteiger partial charge in [0.05, 0.1) is 33.4 Å². The van der Waals surface area contributed by atoms with E-state index in [2.05, 4.69) is 4.99 Å². The first-order chi connectivity index (χ1) is 10.9. The van der Waals surface area contributed by atoms with E-state index in [0.717, 1.165) is 6.54 Å². The zero-order chi connectivity index (χ0) is 17.0. The van der Waals surface area contributed by atoms with Gasteiger partial charge in [-0.3, -0.25) is 0 Å². The molecule has 2 aromatic rings. The molecule has 122 valence electrons. The standard InChI is InChI=1S/C17H18Cl2FN3/c1-4-22(2)11-21-15-9-13(19)17(10-12(15)18)23(3)16-8-6-5-7-14(16)20/h5-11H,4H2,1-3H3. The molecule has 23 heavy (non-hydrogen) atoms. The van der Waals surface area contributed by atoms with Gasteiger partial charge in [-0.05, 0) is 31.2 Å². The second-order valence-electron chi connectivity index (χ2n) is 5.08. The van der Waals surface area contributed by atoms with Crippen LogP contribution >= 0.6 is 23.2 Å². The number of nitrogens with zero attached hydrogens (tertiary/aromatic N) is 3. The number of benzene rings is 2. The van der Waals surface area contributed by atoms with Crippen molar-refractivity contribution in [2.75, 3.05) is 25.5 Å². The van der Waals surface area contributed by atoms with E-state index < -0.39 is 0 Å². The molecule has 0 unspecified atom stereocenters. The van der Waals surface area contributed by atoms with E-state index in [0.29, 0.717) is 27.1 Å². The first-order valence-corrected chi connectivity index (χ1v) is 7.91. The Morgan fingerprint density at radius 1 is 1.09 bits per heavy atom. The summed E-state index contributed by atoms with van der Waals surface area (Å²) in [7, 11) is 3.66. The van der Waals surface area contributed by atoms with E-state index >= 15 is 0 Å². The minimum absolute atomic E-state index is 0.325. The van der Waals surface area contributed by atoms with Gasteiger partial charge in [-0.15, -0.1) is 0 Å². The second-order valence-corrected chi connectivity index (χ2v) is 5.90. The number of halogens is 3. The number of hydrogen-bond acceptors (Lipinski definition) is 2. The SMILES string of the molecule is CCN(C)C=Nc1cc(Cl)c(N(C)c2ccccc2F)cc1Cl. The molecule has 0 aliphatic heterocycles. The molecule has 0 heterocycles. The molecule has 0 atom stereocenters. The van der Waals surface area contributed by atoms with E-state index in [1.54, 1.807) is 48.6 Å². The van der Waals surface area contributed by atoms with Crippen molar-refractivity contribution in [3.05, 3.63) is 52.3 Å². The molecule has 0 fully saturated rings. The van der Waals surface area contributed by atoms with Gasteiger partial charge >= 0.3 is 0 Å². The number of rotatable bonds is 5. The van der Waals surface area contributed by atoms with Crippen molar-refractivity contribution in [2.24, 2.45) is 4.99 Å². The third kappa shape index (κ3) is 4.15. The first kappa shape index (κ1) is 17.6. The fourth-order valence-electron chi connectivity index (χ4n) is 1.98. The fourth-order valence-corrected chi connectivity index (χ4v) is 2.47. The van der Waals surface area contributed by atoms with Crippen LogP contribution in [0.4, 0.5) is 21.5 Å². The maximum absolute atomic E-state index is 13.9. The van der Waals surface area contributed by atoms with E-state index in [9.17, 15) is 4.39 Å². The Balaban J connectivity index is 2.37. The average Bonchev–Trinajstić information content (AvgIpc) is 2.54. The lowest BCUT2D eigenvalue weighted by Crippen LogP contribution is -2.14. The maximum atomic E-state index is 13.9. The average molecular weight is 354 g/mol. The number of para-hydroxylation sites is 1. The molecule has 2 rings (SSSR count). The largest absolute Gasteiger partial charge is 0.366 e. The molecule has 2 aromatic carbocycles. The summed E-state index contributed by atoms with van der Waals surface area (Å²) in [5, 5.41) is 0.903. The zero-order valence-electron chi connectivity index (χ0n) is 13.2. The van der Waals surface area contributed by atoms with Crippen molar-refractivity contribution >= 4 is 46.6 Å². The van der Waals surface area contributed by atoms with Crippen LogP contribution in [-0.2, 0) is 0 Å². The highest BCUT2D eigenvalue weighted by Gasteiger charge is 2.14. The Kier molecular flexibility index (Phi) is 5.85. The van der Waals surface area contributed by atoms with E-state index in [1.165, 1.54) is 6.07 Å². The lowest BCUT2D eigenvalue weighted by atomic mass is 10.2. The van der Waals surface area contributed by atoms with E-state index in [4.69, 9.17) is 23.2 Å². The van der Waals surface area contributed by atoms with Crippen molar-refractivity contribution in [1.82, 2.24) is 4.90 Å². The molecule has 0 aromatic heterocycles. The molecule has 0 aliphatic carbocycles. The highest BCUT2D eigenvalue weighted by molar-refractivity contribution is 6.37. The van der Waals surface area contributed by atoms with Crippen LogP contribution in [0.5, 0.6) is 0 Å². The Labute approximate surface area is 146 Å². The normalized spacial score (nSPS) is 11.0. The fraction of sp³-hybridized carbons (Fsp3) is 0.235. The summed E-state index contributed by atoms with van der Waals surface area (Å²) in [5.41, 5.74) is 1.61. The van der Waals surface area contributed by atoms with Gasteiger partial charge in [0.2, 0.25) is 0 Å². The Bertz CT molecular complexity index is 719.